The zero-order chi connectivity index (χ0) is 17.9. The molecule has 3 aromatic rings. The van der Waals surface area contributed by atoms with Gasteiger partial charge in [-0.15, -0.1) is 0 Å². The minimum atomic E-state index is -0.231. The first-order valence-corrected chi connectivity index (χ1v) is 9.16. The van der Waals surface area contributed by atoms with Gasteiger partial charge in [0.25, 0.3) is 5.91 Å². The number of carbonyl (C=O) groups is 1. The van der Waals surface area contributed by atoms with Crippen molar-refractivity contribution in [3.63, 3.8) is 0 Å². The summed E-state index contributed by atoms with van der Waals surface area (Å²) < 4.78 is 0. The number of piperidine rings is 1. The standard InChI is InChI=1S/C22H22N2O2/c25-21-15-19(18-8-4-5-9-20(18)23-21)22(26)24-12-10-17(11-13-24)14-16-6-2-1-3-7-16/h1-9,15,17H,10-14H2,(H,23,25). The highest BCUT2D eigenvalue weighted by Crippen LogP contribution is 2.24. The third kappa shape index (κ3) is 3.40. The minimum Gasteiger partial charge on any atom is -0.339 e. The fourth-order valence-electron chi connectivity index (χ4n) is 3.84. The summed E-state index contributed by atoms with van der Waals surface area (Å²) in [5, 5.41) is 0.809. The van der Waals surface area contributed by atoms with Crippen LogP contribution in [0.1, 0.15) is 28.8 Å². The van der Waals surface area contributed by atoms with E-state index in [0.717, 1.165) is 37.7 Å². The maximum atomic E-state index is 13.0. The van der Waals surface area contributed by atoms with Crippen molar-refractivity contribution in [2.75, 3.05) is 13.1 Å². The van der Waals surface area contributed by atoms with Crippen LogP contribution >= 0.6 is 0 Å². The fraction of sp³-hybridized carbons (Fsp3) is 0.273. The van der Waals surface area contributed by atoms with Crippen LogP contribution in [-0.4, -0.2) is 28.9 Å². The quantitative estimate of drug-likeness (QED) is 0.787. The Kier molecular flexibility index (Phi) is 4.57. The van der Waals surface area contributed by atoms with E-state index in [1.165, 1.54) is 11.6 Å². The van der Waals surface area contributed by atoms with Crippen molar-refractivity contribution in [3.05, 3.63) is 82.1 Å². The molecule has 26 heavy (non-hydrogen) atoms. The third-order valence-corrected chi connectivity index (χ3v) is 5.25. The molecule has 0 atom stereocenters. The van der Waals surface area contributed by atoms with Crippen LogP contribution in [-0.2, 0) is 6.42 Å². The molecule has 1 N–H and O–H groups in total. The fourth-order valence-corrected chi connectivity index (χ4v) is 3.84. The number of nitrogens with one attached hydrogen (secondary N) is 1. The van der Waals surface area contributed by atoms with Gasteiger partial charge in [0.15, 0.2) is 0 Å². The average molecular weight is 346 g/mol. The zero-order valence-corrected chi connectivity index (χ0v) is 14.7. The summed E-state index contributed by atoms with van der Waals surface area (Å²) in [6.45, 7) is 1.49. The lowest BCUT2D eigenvalue weighted by atomic mass is 9.90. The third-order valence-electron chi connectivity index (χ3n) is 5.25. The van der Waals surface area contributed by atoms with Gasteiger partial charge in [0.1, 0.15) is 0 Å². The van der Waals surface area contributed by atoms with E-state index in [1.54, 1.807) is 0 Å². The molecule has 1 aromatic heterocycles. The summed E-state index contributed by atoms with van der Waals surface area (Å²) in [7, 11) is 0. The summed E-state index contributed by atoms with van der Waals surface area (Å²) in [6.07, 6.45) is 3.07. The Morgan fingerprint density at radius 1 is 1.00 bits per heavy atom. The number of para-hydroxylation sites is 1. The second-order valence-corrected chi connectivity index (χ2v) is 7.02. The topological polar surface area (TPSA) is 53.2 Å². The summed E-state index contributed by atoms with van der Waals surface area (Å²) in [5.74, 6) is 0.572. The Balaban J connectivity index is 1.48. The maximum absolute atomic E-state index is 13.0. The van der Waals surface area contributed by atoms with Crippen LogP contribution in [0.25, 0.3) is 10.9 Å². The van der Waals surface area contributed by atoms with Gasteiger partial charge in [-0.25, -0.2) is 0 Å². The monoisotopic (exact) mass is 346 g/mol. The predicted molar refractivity (Wildman–Crippen MR) is 103 cm³/mol. The first kappa shape index (κ1) is 16.6. The number of benzene rings is 2. The van der Waals surface area contributed by atoms with Crippen molar-refractivity contribution >= 4 is 16.8 Å². The number of carbonyl (C=O) groups excluding carboxylic acids is 1. The summed E-state index contributed by atoms with van der Waals surface area (Å²) >= 11 is 0. The molecule has 1 amide bonds. The summed E-state index contributed by atoms with van der Waals surface area (Å²) in [6, 6.07) is 19.4. The normalized spacial score (nSPS) is 15.3. The smallest absolute Gasteiger partial charge is 0.254 e. The number of amides is 1. The highest BCUT2D eigenvalue weighted by atomic mass is 16.2. The van der Waals surface area contributed by atoms with Gasteiger partial charge in [-0.1, -0.05) is 48.5 Å². The van der Waals surface area contributed by atoms with E-state index in [4.69, 9.17) is 0 Å². The molecule has 0 unspecified atom stereocenters. The lowest BCUT2D eigenvalue weighted by molar-refractivity contribution is 0.0692. The van der Waals surface area contributed by atoms with E-state index in [2.05, 4.69) is 29.2 Å². The lowest BCUT2D eigenvalue weighted by Gasteiger charge is -2.32. The molecule has 0 saturated carbocycles. The van der Waals surface area contributed by atoms with E-state index in [0.29, 0.717) is 17.0 Å². The Labute approximate surface area is 152 Å². The Bertz CT molecular complexity index is 970. The van der Waals surface area contributed by atoms with Gasteiger partial charge in [0.2, 0.25) is 5.56 Å². The Hall–Kier alpha value is -2.88. The van der Waals surface area contributed by atoms with Crippen LogP contribution in [0.15, 0.2) is 65.5 Å². The molecule has 4 rings (SSSR count). The van der Waals surface area contributed by atoms with Gasteiger partial charge < -0.3 is 9.88 Å². The van der Waals surface area contributed by atoms with Crippen LogP contribution in [0.2, 0.25) is 0 Å². The van der Waals surface area contributed by atoms with E-state index >= 15 is 0 Å². The van der Waals surface area contributed by atoms with Crippen molar-refractivity contribution in [1.29, 1.82) is 0 Å². The molecule has 1 fully saturated rings. The lowest BCUT2D eigenvalue weighted by Crippen LogP contribution is -2.39. The molecular weight excluding hydrogens is 324 g/mol. The van der Waals surface area contributed by atoms with Gasteiger partial charge >= 0.3 is 0 Å². The number of fused-ring (bicyclic) bond motifs is 1. The zero-order valence-electron chi connectivity index (χ0n) is 14.7. The van der Waals surface area contributed by atoms with Crippen LogP contribution < -0.4 is 5.56 Å². The molecular formula is C22H22N2O2. The Morgan fingerprint density at radius 3 is 2.46 bits per heavy atom. The minimum absolute atomic E-state index is 0.0366. The molecule has 0 aliphatic carbocycles. The molecule has 0 radical (unpaired) electrons. The second kappa shape index (κ2) is 7.16. The number of H-pyrrole nitrogens is 1. The molecule has 2 heterocycles. The second-order valence-electron chi connectivity index (χ2n) is 7.02. The highest BCUT2D eigenvalue weighted by Gasteiger charge is 2.25. The summed E-state index contributed by atoms with van der Waals surface area (Å²) in [4.78, 5) is 29.6. The molecule has 132 valence electrons. The molecule has 4 nitrogen and oxygen atoms in total. The SMILES string of the molecule is O=C(c1cc(=O)[nH]c2ccccc12)N1CCC(Cc2ccccc2)CC1. The van der Waals surface area contributed by atoms with Crippen molar-refractivity contribution < 1.29 is 4.79 Å². The van der Waals surface area contributed by atoms with Gasteiger partial charge in [0, 0.05) is 30.1 Å². The first-order chi connectivity index (χ1) is 12.7. The van der Waals surface area contributed by atoms with Crippen molar-refractivity contribution in [3.8, 4) is 0 Å². The largest absolute Gasteiger partial charge is 0.339 e. The maximum Gasteiger partial charge on any atom is 0.254 e. The van der Waals surface area contributed by atoms with E-state index in [-0.39, 0.29) is 11.5 Å². The Morgan fingerprint density at radius 2 is 1.69 bits per heavy atom. The first-order valence-electron chi connectivity index (χ1n) is 9.16. The van der Waals surface area contributed by atoms with E-state index < -0.39 is 0 Å². The van der Waals surface area contributed by atoms with Crippen LogP contribution in [0.5, 0.6) is 0 Å². The number of aromatic nitrogens is 1. The molecule has 0 bridgehead atoms. The van der Waals surface area contributed by atoms with Crippen LogP contribution in [0.3, 0.4) is 0 Å². The van der Waals surface area contributed by atoms with Gasteiger partial charge in [-0.2, -0.15) is 0 Å². The van der Waals surface area contributed by atoms with Gasteiger partial charge in [-0.3, -0.25) is 9.59 Å². The summed E-state index contributed by atoms with van der Waals surface area (Å²) in [5.41, 5.74) is 2.34. The number of hydrogen-bond acceptors (Lipinski definition) is 2. The van der Waals surface area contributed by atoms with Gasteiger partial charge in [-0.05, 0) is 36.8 Å². The van der Waals surface area contributed by atoms with Crippen LogP contribution in [0.4, 0.5) is 0 Å². The van der Waals surface area contributed by atoms with Crippen molar-refractivity contribution in [1.82, 2.24) is 9.88 Å². The number of nitrogens with zero attached hydrogens (tertiary/aromatic N) is 1. The molecule has 0 spiro atoms. The predicted octanol–water partition coefficient (Wildman–Crippen LogP) is 3.62. The van der Waals surface area contributed by atoms with Crippen molar-refractivity contribution in [2.45, 2.75) is 19.3 Å². The molecule has 1 saturated heterocycles. The number of rotatable bonds is 3. The average Bonchev–Trinajstić information content (AvgIpc) is 2.68. The number of likely N-dealkylation sites (tertiary alicyclic amines) is 1. The molecule has 1 aliphatic rings. The molecule has 4 heteroatoms. The van der Waals surface area contributed by atoms with Gasteiger partial charge in [0.05, 0.1) is 5.56 Å². The number of aromatic amines is 1. The van der Waals surface area contributed by atoms with Crippen molar-refractivity contribution in [2.24, 2.45) is 5.92 Å². The highest BCUT2D eigenvalue weighted by molar-refractivity contribution is 6.05. The number of hydrogen-bond donors (Lipinski definition) is 1. The number of pyridine rings is 1. The van der Waals surface area contributed by atoms with E-state index in [1.807, 2.05) is 35.2 Å². The molecule has 2 aromatic carbocycles. The molecule has 1 aliphatic heterocycles. The van der Waals surface area contributed by atoms with E-state index in [9.17, 15) is 9.59 Å². The van der Waals surface area contributed by atoms with Crippen LogP contribution in [0, 0.1) is 5.92 Å².